The summed E-state index contributed by atoms with van der Waals surface area (Å²) >= 11 is 0. The average molecular weight is 281 g/mol. The zero-order chi connectivity index (χ0) is 14.8. The highest BCUT2D eigenvalue weighted by molar-refractivity contribution is 6.01. The summed E-state index contributed by atoms with van der Waals surface area (Å²) in [4.78, 5) is 15.2. The molecule has 0 spiro atoms. The Bertz CT molecular complexity index is 827. The normalized spacial score (nSPS) is 11.3. The van der Waals surface area contributed by atoms with Crippen LogP contribution < -0.4 is 5.43 Å². The minimum Gasteiger partial charge on any atom is -0.469 e. The van der Waals surface area contributed by atoms with Crippen molar-refractivity contribution >= 4 is 23.0 Å². The second kappa shape index (κ2) is 5.28. The number of aryl methyl sites for hydroxylation is 2. The van der Waals surface area contributed by atoms with Gasteiger partial charge >= 0.3 is 0 Å². The first kappa shape index (κ1) is 13.2. The number of hydrazone groups is 1. The second-order valence-corrected chi connectivity index (χ2v) is 4.80. The number of aromatic nitrogens is 1. The molecule has 0 bridgehead atoms. The lowest BCUT2D eigenvalue weighted by Gasteiger charge is -1.97. The second-order valence-electron chi connectivity index (χ2n) is 4.80. The van der Waals surface area contributed by atoms with E-state index in [1.807, 2.05) is 31.2 Å². The highest BCUT2D eigenvalue weighted by atomic mass is 16.3. The number of furan rings is 1. The zero-order valence-electron chi connectivity index (χ0n) is 11.8. The van der Waals surface area contributed by atoms with Gasteiger partial charge < -0.3 is 9.40 Å². The number of para-hydroxylation sites is 1. The van der Waals surface area contributed by atoms with Crippen LogP contribution in [0.25, 0.3) is 10.9 Å². The van der Waals surface area contributed by atoms with Crippen LogP contribution in [-0.4, -0.2) is 17.1 Å². The molecule has 21 heavy (non-hydrogen) atoms. The number of hydrogen-bond donors (Lipinski definition) is 2. The van der Waals surface area contributed by atoms with Crippen molar-refractivity contribution < 1.29 is 9.21 Å². The molecule has 2 N–H and O–H groups in total. The zero-order valence-corrected chi connectivity index (χ0v) is 11.8. The van der Waals surface area contributed by atoms with E-state index in [0.717, 1.165) is 22.2 Å². The van der Waals surface area contributed by atoms with E-state index in [1.165, 1.54) is 6.26 Å². The van der Waals surface area contributed by atoms with Gasteiger partial charge in [0.05, 0.1) is 18.0 Å². The molecule has 0 aliphatic carbocycles. The molecule has 3 aromatic rings. The number of rotatable bonds is 3. The molecule has 2 heterocycles. The summed E-state index contributed by atoms with van der Waals surface area (Å²) in [6.45, 7) is 3.71. The van der Waals surface area contributed by atoms with Crippen LogP contribution in [-0.2, 0) is 0 Å². The third kappa shape index (κ3) is 2.45. The Morgan fingerprint density at radius 1 is 1.29 bits per heavy atom. The SMILES string of the molecule is Cc1[nH]c2ccccc2c1C=NNC(=O)c1ccoc1C. The third-order valence-electron chi connectivity index (χ3n) is 3.41. The molecule has 0 unspecified atom stereocenters. The number of carbonyl (C=O) groups is 1. The fraction of sp³-hybridized carbons (Fsp3) is 0.125. The van der Waals surface area contributed by atoms with E-state index in [1.54, 1.807) is 19.2 Å². The average Bonchev–Trinajstić information content (AvgIpc) is 3.03. The smallest absolute Gasteiger partial charge is 0.274 e. The van der Waals surface area contributed by atoms with Gasteiger partial charge in [-0.05, 0) is 26.0 Å². The van der Waals surface area contributed by atoms with Crippen molar-refractivity contribution in [1.82, 2.24) is 10.4 Å². The van der Waals surface area contributed by atoms with Gasteiger partial charge in [0.1, 0.15) is 5.76 Å². The number of fused-ring (bicyclic) bond motifs is 1. The fourth-order valence-corrected chi connectivity index (χ4v) is 2.30. The van der Waals surface area contributed by atoms with Crippen molar-refractivity contribution in [2.24, 2.45) is 5.10 Å². The van der Waals surface area contributed by atoms with E-state index in [-0.39, 0.29) is 5.91 Å². The molecule has 0 atom stereocenters. The monoisotopic (exact) mass is 281 g/mol. The van der Waals surface area contributed by atoms with Crippen molar-refractivity contribution in [2.75, 3.05) is 0 Å². The van der Waals surface area contributed by atoms with Crippen LogP contribution in [0.1, 0.15) is 27.4 Å². The maximum atomic E-state index is 11.9. The number of carbonyl (C=O) groups excluding carboxylic acids is 1. The first-order valence-electron chi connectivity index (χ1n) is 6.61. The maximum Gasteiger partial charge on any atom is 0.274 e. The molecule has 0 aliphatic heterocycles. The first-order valence-corrected chi connectivity index (χ1v) is 6.61. The van der Waals surface area contributed by atoms with E-state index >= 15 is 0 Å². The van der Waals surface area contributed by atoms with Crippen molar-refractivity contribution in [1.29, 1.82) is 0 Å². The van der Waals surface area contributed by atoms with E-state index in [9.17, 15) is 4.79 Å². The third-order valence-corrected chi connectivity index (χ3v) is 3.41. The molecule has 1 amide bonds. The molecular formula is C16H15N3O2. The number of amides is 1. The maximum absolute atomic E-state index is 11.9. The van der Waals surface area contributed by atoms with Gasteiger partial charge in [-0.1, -0.05) is 18.2 Å². The number of nitrogens with zero attached hydrogens (tertiary/aromatic N) is 1. The van der Waals surface area contributed by atoms with Crippen molar-refractivity contribution in [3.8, 4) is 0 Å². The lowest BCUT2D eigenvalue weighted by Crippen LogP contribution is -2.17. The molecule has 106 valence electrons. The van der Waals surface area contributed by atoms with Gasteiger partial charge in [-0.15, -0.1) is 0 Å². The molecule has 3 rings (SSSR count). The quantitative estimate of drug-likeness (QED) is 0.572. The number of nitrogens with one attached hydrogen (secondary N) is 2. The molecule has 5 nitrogen and oxygen atoms in total. The molecule has 0 saturated carbocycles. The van der Waals surface area contributed by atoms with E-state index in [0.29, 0.717) is 11.3 Å². The number of aromatic amines is 1. The topological polar surface area (TPSA) is 70.4 Å². The summed E-state index contributed by atoms with van der Waals surface area (Å²) in [5.74, 6) is 0.293. The standard InChI is InChI=1S/C16H15N3O2/c1-10-14(13-5-3-4-6-15(13)18-10)9-17-19-16(20)12-7-8-21-11(12)2/h3-9,18H,1-2H3,(H,19,20). The Balaban J connectivity index is 1.81. The van der Waals surface area contributed by atoms with Gasteiger partial charge in [0.15, 0.2) is 0 Å². The summed E-state index contributed by atoms with van der Waals surface area (Å²) in [5.41, 5.74) is 6.03. The Labute approximate surface area is 121 Å². The molecule has 2 aromatic heterocycles. The molecule has 0 aliphatic rings. The molecule has 0 fully saturated rings. The Kier molecular flexibility index (Phi) is 3.31. The molecule has 0 radical (unpaired) electrons. The Morgan fingerprint density at radius 2 is 2.10 bits per heavy atom. The van der Waals surface area contributed by atoms with Gasteiger partial charge in [0, 0.05) is 22.2 Å². The van der Waals surface area contributed by atoms with E-state index in [4.69, 9.17) is 4.42 Å². The molecule has 0 saturated heterocycles. The highest BCUT2D eigenvalue weighted by Crippen LogP contribution is 2.19. The van der Waals surface area contributed by atoms with Crippen molar-refractivity contribution in [2.45, 2.75) is 13.8 Å². The van der Waals surface area contributed by atoms with Crippen LogP contribution in [0.4, 0.5) is 0 Å². The number of hydrogen-bond acceptors (Lipinski definition) is 3. The summed E-state index contributed by atoms with van der Waals surface area (Å²) in [7, 11) is 0. The number of H-pyrrole nitrogens is 1. The van der Waals surface area contributed by atoms with Crippen LogP contribution >= 0.6 is 0 Å². The lowest BCUT2D eigenvalue weighted by molar-refractivity contribution is 0.0953. The first-order chi connectivity index (χ1) is 10.2. The van der Waals surface area contributed by atoms with Gasteiger partial charge in [-0.25, -0.2) is 5.43 Å². The Hall–Kier alpha value is -2.82. The van der Waals surface area contributed by atoms with Crippen LogP contribution in [0, 0.1) is 13.8 Å². The summed E-state index contributed by atoms with van der Waals surface area (Å²) in [6.07, 6.45) is 3.14. The lowest BCUT2D eigenvalue weighted by atomic mass is 10.1. The molecule has 5 heteroatoms. The number of benzene rings is 1. The highest BCUT2D eigenvalue weighted by Gasteiger charge is 2.10. The minimum absolute atomic E-state index is 0.282. The van der Waals surface area contributed by atoms with Crippen LogP contribution in [0.15, 0.2) is 46.1 Å². The predicted octanol–water partition coefficient (Wildman–Crippen LogP) is 3.14. The van der Waals surface area contributed by atoms with Gasteiger partial charge in [0.25, 0.3) is 5.91 Å². The molecule has 1 aromatic carbocycles. The van der Waals surface area contributed by atoms with Crippen molar-refractivity contribution in [3.05, 3.63) is 59.2 Å². The summed E-state index contributed by atoms with van der Waals surface area (Å²) in [6, 6.07) is 9.59. The van der Waals surface area contributed by atoms with E-state index in [2.05, 4.69) is 15.5 Å². The summed E-state index contributed by atoms with van der Waals surface area (Å²) in [5, 5.41) is 5.11. The van der Waals surface area contributed by atoms with Crippen molar-refractivity contribution in [3.63, 3.8) is 0 Å². The van der Waals surface area contributed by atoms with Gasteiger partial charge in [-0.3, -0.25) is 4.79 Å². The van der Waals surface area contributed by atoms with Gasteiger partial charge in [-0.2, -0.15) is 5.10 Å². The largest absolute Gasteiger partial charge is 0.469 e. The van der Waals surface area contributed by atoms with Crippen LogP contribution in [0.5, 0.6) is 0 Å². The predicted molar refractivity (Wildman–Crippen MR) is 81.5 cm³/mol. The molecular weight excluding hydrogens is 266 g/mol. The van der Waals surface area contributed by atoms with Crippen LogP contribution in [0.3, 0.4) is 0 Å². The van der Waals surface area contributed by atoms with Gasteiger partial charge in [0.2, 0.25) is 0 Å². The minimum atomic E-state index is -0.282. The van der Waals surface area contributed by atoms with E-state index < -0.39 is 0 Å². The fourth-order valence-electron chi connectivity index (χ4n) is 2.30. The Morgan fingerprint density at radius 3 is 2.86 bits per heavy atom. The summed E-state index contributed by atoms with van der Waals surface area (Å²) < 4.78 is 5.10. The van der Waals surface area contributed by atoms with Crippen LogP contribution in [0.2, 0.25) is 0 Å².